The summed E-state index contributed by atoms with van der Waals surface area (Å²) >= 11 is 0. The fourth-order valence-electron chi connectivity index (χ4n) is 4.33. The zero-order valence-corrected chi connectivity index (χ0v) is 18.7. The van der Waals surface area contributed by atoms with Crippen LogP contribution < -0.4 is 10.2 Å². The molecule has 2 fully saturated rings. The Hall–Kier alpha value is -3.36. The summed E-state index contributed by atoms with van der Waals surface area (Å²) in [6.45, 7) is 6.02. The molecule has 2 amide bonds. The van der Waals surface area contributed by atoms with Crippen LogP contribution in [0.15, 0.2) is 48.5 Å². The SMILES string of the molecule is Cc1ccc(N2CC(C(=O)Nc3nc(CN4CCOCC4)nc4ccccc34)CC2=O)cc1. The Morgan fingerprint density at radius 2 is 1.85 bits per heavy atom. The largest absolute Gasteiger partial charge is 0.379 e. The van der Waals surface area contributed by atoms with Gasteiger partial charge in [0.2, 0.25) is 11.8 Å². The second-order valence-corrected chi connectivity index (χ2v) is 8.62. The predicted octanol–water partition coefficient (Wildman–Crippen LogP) is 2.76. The summed E-state index contributed by atoms with van der Waals surface area (Å²) in [4.78, 5) is 39.1. The first kappa shape index (κ1) is 21.5. The Morgan fingerprint density at radius 3 is 2.64 bits per heavy atom. The van der Waals surface area contributed by atoms with E-state index in [-0.39, 0.29) is 18.2 Å². The Labute approximate surface area is 192 Å². The molecule has 5 rings (SSSR count). The number of aryl methyl sites for hydroxylation is 1. The fourth-order valence-corrected chi connectivity index (χ4v) is 4.33. The Morgan fingerprint density at radius 1 is 1.09 bits per heavy atom. The van der Waals surface area contributed by atoms with Gasteiger partial charge in [-0.1, -0.05) is 29.8 Å². The molecule has 33 heavy (non-hydrogen) atoms. The molecule has 8 heteroatoms. The number of morpholine rings is 1. The number of nitrogens with zero attached hydrogens (tertiary/aromatic N) is 4. The van der Waals surface area contributed by atoms with Crippen molar-refractivity contribution < 1.29 is 14.3 Å². The Balaban J connectivity index is 1.35. The monoisotopic (exact) mass is 445 g/mol. The minimum Gasteiger partial charge on any atom is -0.379 e. The van der Waals surface area contributed by atoms with Gasteiger partial charge in [0.15, 0.2) is 0 Å². The van der Waals surface area contributed by atoms with Gasteiger partial charge in [-0.2, -0.15) is 0 Å². The molecule has 8 nitrogen and oxygen atoms in total. The van der Waals surface area contributed by atoms with E-state index >= 15 is 0 Å². The first-order valence-electron chi connectivity index (χ1n) is 11.3. The van der Waals surface area contributed by atoms with Gasteiger partial charge in [-0.05, 0) is 31.2 Å². The minimum absolute atomic E-state index is 0.0421. The van der Waals surface area contributed by atoms with Crippen LogP contribution in [-0.2, 0) is 20.9 Å². The van der Waals surface area contributed by atoms with Crippen molar-refractivity contribution in [3.8, 4) is 0 Å². The molecule has 3 aromatic rings. The number of hydrogen-bond acceptors (Lipinski definition) is 6. The molecule has 0 saturated carbocycles. The molecule has 2 aromatic carbocycles. The molecule has 0 aliphatic carbocycles. The van der Waals surface area contributed by atoms with Crippen molar-refractivity contribution in [3.63, 3.8) is 0 Å². The zero-order valence-electron chi connectivity index (χ0n) is 18.7. The van der Waals surface area contributed by atoms with Gasteiger partial charge >= 0.3 is 0 Å². The van der Waals surface area contributed by atoms with Gasteiger partial charge in [0.1, 0.15) is 11.6 Å². The van der Waals surface area contributed by atoms with Crippen LogP contribution >= 0.6 is 0 Å². The Kier molecular flexibility index (Phi) is 6.02. The molecule has 0 spiro atoms. The number of carbonyl (C=O) groups is 2. The van der Waals surface area contributed by atoms with Gasteiger partial charge in [0.05, 0.1) is 31.2 Å². The molecular weight excluding hydrogens is 418 g/mol. The molecule has 2 aliphatic heterocycles. The number of carbonyl (C=O) groups excluding carboxylic acids is 2. The van der Waals surface area contributed by atoms with E-state index in [1.165, 1.54) is 0 Å². The van der Waals surface area contributed by atoms with Crippen molar-refractivity contribution in [1.82, 2.24) is 14.9 Å². The summed E-state index contributed by atoms with van der Waals surface area (Å²) < 4.78 is 5.43. The summed E-state index contributed by atoms with van der Waals surface area (Å²) in [5.41, 5.74) is 2.74. The van der Waals surface area contributed by atoms with Crippen LogP contribution in [0.3, 0.4) is 0 Å². The maximum atomic E-state index is 13.2. The average molecular weight is 446 g/mol. The lowest BCUT2D eigenvalue weighted by atomic mass is 10.1. The molecule has 1 aromatic heterocycles. The summed E-state index contributed by atoms with van der Waals surface area (Å²) in [5.74, 6) is 0.485. The quantitative estimate of drug-likeness (QED) is 0.650. The highest BCUT2D eigenvalue weighted by Gasteiger charge is 2.35. The molecule has 2 aliphatic rings. The molecule has 0 bridgehead atoms. The van der Waals surface area contributed by atoms with E-state index in [0.29, 0.717) is 37.9 Å². The number of aromatic nitrogens is 2. The standard InChI is InChI=1S/C25H27N5O3/c1-17-6-8-19(9-7-17)30-15-18(14-23(30)31)25(32)28-24-20-4-2-3-5-21(20)26-22(27-24)16-29-10-12-33-13-11-29/h2-9,18H,10-16H2,1H3,(H,26,27,28,32). The van der Waals surface area contributed by atoms with E-state index in [0.717, 1.165) is 35.2 Å². The van der Waals surface area contributed by atoms with Gasteiger partial charge in [-0.15, -0.1) is 0 Å². The number of benzene rings is 2. The van der Waals surface area contributed by atoms with E-state index in [1.54, 1.807) is 4.90 Å². The van der Waals surface area contributed by atoms with E-state index < -0.39 is 5.92 Å². The summed E-state index contributed by atoms with van der Waals surface area (Å²) in [6.07, 6.45) is 0.184. The van der Waals surface area contributed by atoms with Crippen LogP contribution in [0.2, 0.25) is 0 Å². The lowest BCUT2D eigenvalue weighted by molar-refractivity contribution is -0.122. The normalized spacial score (nSPS) is 19.2. The van der Waals surface area contributed by atoms with Gasteiger partial charge in [-0.25, -0.2) is 9.97 Å². The lowest BCUT2D eigenvalue weighted by Crippen LogP contribution is -2.36. The van der Waals surface area contributed by atoms with Crippen molar-refractivity contribution >= 4 is 34.2 Å². The first-order valence-corrected chi connectivity index (χ1v) is 11.3. The summed E-state index contributed by atoms with van der Waals surface area (Å²) in [7, 11) is 0. The van der Waals surface area contributed by atoms with Crippen molar-refractivity contribution in [3.05, 3.63) is 59.9 Å². The topological polar surface area (TPSA) is 87.7 Å². The number of nitrogens with one attached hydrogen (secondary N) is 1. The average Bonchev–Trinajstić information content (AvgIpc) is 3.22. The number of para-hydroxylation sites is 1. The number of hydrogen-bond donors (Lipinski definition) is 1. The third kappa shape index (κ3) is 4.72. The number of amides is 2. The van der Waals surface area contributed by atoms with Crippen molar-refractivity contribution in [2.45, 2.75) is 19.9 Å². The van der Waals surface area contributed by atoms with Crippen LogP contribution in [-0.4, -0.2) is 59.5 Å². The van der Waals surface area contributed by atoms with E-state index in [1.807, 2.05) is 55.5 Å². The number of rotatable bonds is 5. The van der Waals surface area contributed by atoms with Gasteiger partial charge in [0.25, 0.3) is 0 Å². The lowest BCUT2D eigenvalue weighted by Gasteiger charge is -2.26. The predicted molar refractivity (Wildman–Crippen MR) is 126 cm³/mol. The number of ether oxygens (including phenoxy) is 1. The smallest absolute Gasteiger partial charge is 0.230 e. The molecule has 0 radical (unpaired) electrons. The highest BCUT2D eigenvalue weighted by molar-refractivity contribution is 6.05. The highest BCUT2D eigenvalue weighted by Crippen LogP contribution is 2.27. The molecule has 1 N–H and O–H groups in total. The fraction of sp³-hybridized carbons (Fsp3) is 0.360. The summed E-state index contributed by atoms with van der Waals surface area (Å²) in [6, 6.07) is 15.4. The molecule has 2 saturated heterocycles. The first-order chi connectivity index (χ1) is 16.1. The maximum Gasteiger partial charge on any atom is 0.230 e. The van der Waals surface area contributed by atoms with E-state index in [9.17, 15) is 9.59 Å². The number of anilines is 2. The third-order valence-corrected chi connectivity index (χ3v) is 6.20. The van der Waals surface area contributed by atoms with Crippen LogP contribution in [0.4, 0.5) is 11.5 Å². The van der Waals surface area contributed by atoms with Gasteiger partial charge in [0, 0.05) is 37.1 Å². The van der Waals surface area contributed by atoms with E-state index in [2.05, 4.69) is 15.2 Å². The highest BCUT2D eigenvalue weighted by atomic mass is 16.5. The van der Waals surface area contributed by atoms with Crippen LogP contribution in [0.1, 0.15) is 17.8 Å². The second kappa shape index (κ2) is 9.25. The molecule has 170 valence electrons. The van der Waals surface area contributed by atoms with Crippen molar-refractivity contribution in [2.24, 2.45) is 5.92 Å². The molecular formula is C25H27N5O3. The molecule has 1 unspecified atom stereocenters. The van der Waals surface area contributed by atoms with Crippen LogP contribution in [0.25, 0.3) is 10.9 Å². The van der Waals surface area contributed by atoms with Crippen molar-refractivity contribution in [2.75, 3.05) is 43.1 Å². The molecule has 1 atom stereocenters. The van der Waals surface area contributed by atoms with E-state index in [4.69, 9.17) is 9.72 Å². The summed E-state index contributed by atoms with van der Waals surface area (Å²) in [5, 5.41) is 3.78. The minimum atomic E-state index is -0.435. The van der Waals surface area contributed by atoms with Crippen LogP contribution in [0.5, 0.6) is 0 Å². The van der Waals surface area contributed by atoms with Crippen molar-refractivity contribution in [1.29, 1.82) is 0 Å². The number of fused-ring (bicyclic) bond motifs is 1. The van der Waals surface area contributed by atoms with Crippen LogP contribution in [0, 0.1) is 12.8 Å². The zero-order chi connectivity index (χ0) is 22.8. The maximum absolute atomic E-state index is 13.2. The molecule has 3 heterocycles. The Bertz CT molecular complexity index is 1170. The van der Waals surface area contributed by atoms with Gasteiger partial charge < -0.3 is 15.0 Å². The third-order valence-electron chi connectivity index (χ3n) is 6.20. The van der Waals surface area contributed by atoms with Gasteiger partial charge in [-0.3, -0.25) is 14.5 Å². The second-order valence-electron chi connectivity index (χ2n) is 8.62.